The van der Waals surface area contributed by atoms with Crippen LogP contribution in [0, 0.1) is 6.92 Å². The summed E-state index contributed by atoms with van der Waals surface area (Å²) < 4.78 is 0. The number of carbonyl (C=O) groups excluding carboxylic acids is 2. The van der Waals surface area contributed by atoms with Gasteiger partial charge in [0, 0.05) is 24.3 Å². The summed E-state index contributed by atoms with van der Waals surface area (Å²) in [4.78, 5) is 27.3. The van der Waals surface area contributed by atoms with Gasteiger partial charge in [-0.3, -0.25) is 9.59 Å². The van der Waals surface area contributed by atoms with E-state index in [-0.39, 0.29) is 11.8 Å². The van der Waals surface area contributed by atoms with Gasteiger partial charge in [0.25, 0.3) is 11.8 Å². The van der Waals surface area contributed by atoms with E-state index in [9.17, 15) is 9.59 Å². The van der Waals surface area contributed by atoms with E-state index in [1.807, 2.05) is 30.0 Å². The van der Waals surface area contributed by atoms with Crippen molar-refractivity contribution in [2.75, 3.05) is 24.1 Å². The van der Waals surface area contributed by atoms with E-state index >= 15 is 0 Å². The number of amides is 2. The molecule has 2 amide bonds. The van der Waals surface area contributed by atoms with Crippen LogP contribution in [0.25, 0.3) is 0 Å². The SMILES string of the molecule is Cc1ccc(N)cc1C(=O)Nc1ccccc1C(=O)N1CCCCC1. The number of rotatable bonds is 3. The van der Waals surface area contributed by atoms with Crippen molar-refractivity contribution in [2.24, 2.45) is 0 Å². The number of nitrogens with one attached hydrogen (secondary N) is 1. The lowest BCUT2D eigenvalue weighted by atomic mass is 10.1. The summed E-state index contributed by atoms with van der Waals surface area (Å²) >= 11 is 0. The minimum Gasteiger partial charge on any atom is -0.399 e. The number of para-hydroxylation sites is 1. The Morgan fingerprint density at radius 1 is 1.00 bits per heavy atom. The van der Waals surface area contributed by atoms with E-state index < -0.39 is 0 Å². The molecule has 0 spiro atoms. The molecule has 3 rings (SSSR count). The highest BCUT2D eigenvalue weighted by atomic mass is 16.2. The zero-order chi connectivity index (χ0) is 17.8. The molecule has 1 saturated heterocycles. The van der Waals surface area contributed by atoms with E-state index in [1.54, 1.807) is 24.3 Å². The summed E-state index contributed by atoms with van der Waals surface area (Å²) in [6.07, 6.45) is 3.22. The Balaban J connectivity index is 1.84. The highest BCUT2D eigenvalue weighted by Crippen LogP contribution is 2.22. The second kappa shape index (κ2) is 7.38. The number of aryl methyl sites for hydroxylation is 1. The van der Waals surface area contributed by atoms with Crippen molar-refractivity contribution in [3.05, 3.63) is 59.2 Å². The zero-order valence-corrected chi connectivity index (χ0v) is 14.4. The number of benzene rings is 2. The van der Waals surface area contributed by atoms with Crippen LogP contribution in [0.4, 0.5) is 11.4 Å². The predicted molar refractivity (Wildman–Crippen MR) is 99.7 cm³/mol. The average molecular weight is 337 g/mol. The molecule has 130 valence electrons. The van der Waals surface area contributed by atoms with E-state index in [2.05, 4.69) is 5.32 Å². The highest BCUT2D eigenvalue weighted by molar-refractivity contribution is 6.09. The van der Waals surface area contributed by atoms with Gasteiger partial charge in [-0.1, -0.05) is 18.2 Å². The maximum Gasteiger partial charge on any atom is 0.256 e. The minimum absolute atomic E-state index is 0.0279. The summed E-state index contributed by atoms with van der Waals surface area (Å²) in [5.41, 5.74) is 8.74. The fourth-order valence-corrected chi connectivity index (χ4v) is 3.12. The van der Waals surface area contributed by atoms with Gasteiger partial charge in [-0.05, 0) is 56.0 Å². The maximum absolute atomic E-state index is 12.8. The van der Waals surface area contributed by atoms with Gasteiger partial charge in [0.1, 0.15) is 0 Å². The number of carbonyl (C=O) groups is 2. The van der Waals surface area contributed by atoms with Gasteiger partial charge in [-0.15, -0.1) is 0 Å². The van der Waals surface area contributed by atoms with Crippen molar-refractivity contribution in [3.63, 3.8) is 0 Å². The number of piperidine rings is 1. The third-order valence-corrected chi connectivity index (χ3v) is 4.56. The Labute approximate surface area is 147 Å². The number of nitrogens with two attached hydrogens (primary N) is 1. The molecule has 1 aliphatic heterocycles. The smallest absolute Gasteiger partial charge is 0.256 e. The number of hydrogen-bond acceptors (Lipinski definition) is 3. The standard InChI is InChI=1S/C20H23N3O2/c1-14-9-10-15(21)13-17(14)19(24)22-18-8-4-3-7-16(18)20(25)23-11-5-2-6-12-23/h3-4,7-10,13H,2,5-6,11-12,21H2,1H3,(H,22,24). The van der Waals surface area contributed by atoms with Crippen LogP contribution in [-0.4, -0.2) is 29.8 Å². The van der Waals surface area contributed by atoms with Crippen LogP contribution < -0.4 is 11.1 Å². The van der Waals surface area contributed by atoms with E-state index in [4.69, 9.17) is 5.73 Å². The Morgan fingerprint density at radius 2 is 1.72 bits per heavy atom. The van der Waals surface area contributed by atoms with Crippen molar-refractivity contribution in [1.29, 1.82) is 0 Å². The summed E-state index contributed by atoms with van der Waals surface area (Å²) in [6, 6.07) is 12.4. The third-order valence-electron chi connectivity index (χ3n) is 4.56. The zero-order valence-electron chi connectivity index (χ0n) is 14.4. The molecule has 5 nitrogen and oxygen atoms in total. The topological polar surface area (TPSA) is 75.4 Å². The first-order valence-electron chi connectivity index (χ1n) is 8.62. The monoisotopic (exact) mass is 337 g/mol. The quantitative estimate of drug-likeness (QED) is 0.842. The molecular formula is C20H23N3O2. The minimum atomic E-state index is -0.260. The van der Waals surface area contributed by atoms with Crippen LogP contribution in [0.2, 0.25) is 0 Å². The normalized spacial score (nSPS) is 14.2. The molecule has 3 N–H and O–H groups in total. The molecule has 0 bridgehead atoms. The Bertz CT molecular complexity index is 795. The van der Waals surface area contributed by atoms with Crippen molar-refractivity contribution >= 4 is 23.2 Å². The second-order valence-corrected chi connectivity index (χ2v) is 6.43. The lowest BCUT2D eigenvalue weighted by Crippen LogP contribution is -2.36. The second-order valence-electron chi connectivity index (χ2n) is 6.43. The van der Waals surface area contributed by atoms with E-state index in [0.717, 1.165) is 37.9 Å². The molecule has 0 atom stereocenters. The number of hydrogen-bond donors (Lipinski definition) is 2. The highest BCUT2D eigenvalue weighted by Gasteiger charge is 2.21. The molecule has 0 aliphatic carbocycles. The van der Waals surface area contributed by atoms with E-state index in [0.29, 0.717) is 22.5 Å². The van der Waals surface area contributed by atoms with Crippen LogP contribution in [0.15, 0.2) is 42.5 Å². The van der Waals surface area contributed by atoms with Crippen molar-refractivity contribution in [1.82, 2.24) is 4.90 Å². The Hall–Kier alpha value is -2.82. The van der Waals surface area contributed by atoms with Crippen LogP contribution in [-0.2, 0) is 0 Å². The fourth-order valence-electron chi connectivity index (χ4n) is 3.12. The van der Waals surface area contributed by atoms with Crippen molar-refractivity contribution in [3.8, 4) is 0 Å². The molecule has 1 fully saturated rings. The Kier molecular flexibility index (Phi) is 5.03. The number of likely N-dealkylation sites (tertiary alicyclic amines) is 1. The fraction of sp³-hybridized carbons (Fsp3) is 0.300. The summed E-state index contributed by atoms with van der Waals surface area (Å²) in [7, 11) is 0. The van der Waals surface area contributed by atoms with Crippen molar-refractivity contribution < 1.29 is 9.59 Å². The molecule has 0 aromatic heterocycles. The molecule has 1 heterocycles. The molecule has 5 heteroatoms. The third kappa shape index (κ3) is 3.82. The first kappa shape index (κ1) is 17.0. The van der Waals surface area contributed by atoms with Gasteiger partial charge in [-0.25, -0.2) is 0 Å². The van der Waals surface area contributed by atoms with Gasteiger partial charge < -0.3 is 16.0 Å². The van der Waals surface area contributed by atoms with Gasteiger partial charge in [0.05, 0.1) is 11.3 Å². The van der Waals surface area contributed by atoms with Gasteiger partial charge in [-0.2, -0.15) is 0 Å². The number of nitrogens with zero attached hydrogens (tertiary/aromatic N) is 1. The van der Waals surface area contributed by atoms with Crippen LogP contribution in [0.3, 0.4) is 0 Å². The van der Waals surface area contributed by atoms with Gasteiger partial charge >= 0.3 is 0 Å². The predicted octanol–water partition coefficient (Wildman–Crippen LogP) is 3.46. The molecule has 2 aromatic rings. The lowest BCUT2D eigenvalue weighted by molar-refractivity contribution is 0.0725. The van der Waals surface area contributed by atoms with Gasteiger partial charge in [0.2, 0.25) is 0 Å². The molecule has 0 radical (unpaired) electrons. The Morgan fingerprint density at radius 3 is 2.48 bits per heavy atom. The molecule has 0 unspecified atom stereocenters. The molecule has 0 saturated carbocycles. The number of nitrogen functional groups attached to an aromatic ring is 1. The maximum atomic E-state index is 12.8. The number of anilines is 2. The molecule has 2 aromatic carbocycles. The lowest BCUT2D eigenvalue weighted by Gasteiger charge is -2.27. The molecule has 25 heavy (non-hydrogen) atoms. The first-order chi connectivity index (χ1) is 12.1. The van der Waals surface area contributed by atoms with Crippen LogP contribution in [0.1, 0.15) is 45.5 Å². The van der Waals surface area contributed by atoms with Gasteiger partial charge in [0.15, 0.2) is 0 Å². The largest absolute Gasteiger partial charge is 0.399 e. The summed E-state index contributed by atoms with van der Waals surface area (Å²) in [6.45, 7) is 3.41. The molecule has 1 aliphatic rings. The van der Waals surface area contributed by atoms with Crippen molar-refractivity contribution in [2.45, 2.75) is 26.2 Å². The van der Waals surface area contributed by atoms with Crippen LogP contribution in [0.5, 0.6) is 0 Å². The molecular weight excluding hydrogens is 314 g/mol. The summed E-state index contributed by atoms with van der Waals surface area (Å²) in [5.74, 6) is -0.288. The van der Waals surface area contributed by atoms with E-state index in [1.165, 1.54) is 0 Å². The average Bonchev–Trinajstić information content (AvgIpc) is 2.64. The first-order valence-corrected chi connectivity index (χ1v) is 8.62. The summed E-state index contributed by atoms with van der Waals surface area (Å²) in [5, 5.41) is 2.87. The van der Waals surface area contributed by atoms with Crippen LogP contribution >= 0.6 is 0 Å².